The minimum Gasteiger partial charge on any atom is -0.483 e. The fourth-order valence-corrected chi connectivity index (χ4v) is 1.79. The van der Waals surface area contributed by atoms with Crippen molar-refractivity contribution in [1.29, 1.82) is 0 Å². The van der Waals surface area contributed by atoms with E-state index < -0.39 is 0 Å². The van der Waals surface area contributed by atoms with Gasteiger partial charge >= 0.3 is 0 Å². The summed E-state index contributed by atoms with van der Waals surface area (Å²) in [5.41, 5.74) is 6.66. The molecule has 3 N–H and O–H groups in total. The molecule has 0 spiro atoms. The normalized spacial score (nSPS) is 13.9. The van der Waals surface area contributed by atoms with Gasteiger partial charge in [0.05, 0.1) is 0 Å². The van der Waals surface area contributed by atoms with Gasteiger partial charge in [-0.15, -0.1) is 0 Å². The molecule has 1 aromatic carbocycles. The van der Waals surface area contributed by atoms with E-state index in [2.05, 4.69) is 19.2 Å². The lowest BCUT2D eigenvalue weighted by Crippen LogP contribution is -2.39. The largest absolute Gasteiger partial charge is 0.483 e. The van der Waals surface area contributed by atoms with Crippen molar-refractivity contribution in [1.82, 2.24) is 5.32 Å². The Bertz CT molecular complexity index is 461. The molecule has 0 aliphatic carbocycles. The van der Waals surface area contributed by atoms with Gasteiger partial charge in [-0.3, -0.25) is 4.79 Å². The Labute approximate surface area is 125 Å². The van der Waals surface area contributed by atoms with Gasteiger partial charge in [-0.05, 0) is 38.0 Å². The van der Waals surface area contributed by atoms with Gasteiger partial charge in [-0.1, -0.05) is 25.4 Å². The van der Waals surface area contributed by atoms with Crippen LogP contribution in [-0.4, -0.2) is 18.6 Å². The van der Waals surface area contributed by atoms with Crippen LogP contribution in [0.3, 0.4) is 0 Å². The molecule has 0 saturated heterocycles. The number of hydrogen-bond donors (Lipinski definition) is 2. The highest BCUT2D eigenvalue weighted by Crippen LogP contribution is 2.27. The highest BCUT2D eigenvalue weighted by molar-refractivity contribution is 6.30. The molecular formula is C15H23ClN2O2. The zero-order valence-electron chi connectivity index (χ0n) is 12.4. The lowest BCUT2D eigenvalue weighted by molar-refractivity contribution is -0.124. The molecule has 0 aromatic heterocycles. The molecule has 0 bridgehead atoms. The Hall–Kier alpha value is -1.26. The molecule has 0 radical (unpaired) electrons. The summed E-state index contributed by atoms with van der Waals surface area (Å²) in [5.74, 6) is 0.836. The van der Waals surface area contributed by atoms with Crippen molar-refractivity contribution in [2.75, 3.05) is 6.61 Å². The predicted octanol–water partition coefficient (Wildman–Crippen LogP) is 2.90. The molecule has 2 unspecified atom stereocenters. The van der Waals surface area contributed by atoms with Gasteiger partial charge < -0.3 is 15.8 Å². The number of halogens is 1. The second kappa shape index (κ2) is 7.50. The molecule has 0 aliphatic heterocycles. The Morgan fingerprint density at radius 1 is 1.35 bits per heavy atom. The number of ether oxygens (including phenoxy) is 1. The quantitative estimate of drug-likeness (QED) is 0.849. The van der Waals surface area contributed by atoms with E-state index in [-0.39, 0.29) is 24.6 Å². The lowest BCUT2D eigenvalue weighted by Gasteiger charge is -2.18. The first kappa shape index (κ1) is 16.8. The van der Waals surface area contributed by atoms with Crippen molar-refractivity contribution in [3.63, 3.8) is 0 Å². The van der Waals surface area contributed by atoms with Crippen LogP contribution >= 0.6 is 11.6 Å². The third-order valence-corrected chi connectivity index (χ3v) is 3.44. The van der Waals surface area contributed by atoms with E-state index in [1.807, 2.05) is 13.8 Å². The molecule has 2 atom stereocenters. The van der Waals surface area contributed by atoms with Gasteiger partial charge in [-0.25, -0.2) is 0 Å². The van der Waals surface area contributed by atoms with Gasteiger partial charge in [-0.2, -0.15) is 0 Å². The van der Waals surface area contributed by atoms with Gasteiger partial charge in [0.15, 0.2) is 6.61 Å². The monoisotopic (exact) mass is 298 g/mol. The van der Waals surface area contributed by atoms with E-state index in [9.17, 15) is 4.79 Å². The number of rotatable bonds is 6. The summed E-state index contributed by atoms with van der Waals surface area (Å²) in [5, 5.41) is 3.49. The third-order valence-electron chi connectivity index (χ3n) is 3.21. The van der Waals surface area contributed by atoms with Crippen molar-refractivity contribution in [3.05, 3.63) is 28.8 Å². The fourth-order valence-electron chi connectivity index (χ4n) is 1.61. The minimum atomic E-state index is -0.207. The summed E-state index contributed by atoms with van der Waals surface area (Å²) in [7, 11) is 0. The molecule has 4 nitrogen and oxygen atoms in total. The maximum absolute atomic E-state index is 11.8. The van der Waals surface area contributed by atoms with Gasteiger partial charge in [0.2, 0.25) is 0 Å². The SMILES string of the molecule is CC(N)c1cc(Cl)ccc1OCC(=O)NC(C)C(C)C. The molecule has 0 saturated carbocycles. The van der Waals surface area contributed by atoms with Crippen LogP contribution in [0.4, 0.5) is 0 Å². The molecule has 1 rings (SSSR count). The van der Waals surface area contributed by atoms with E-state index in [1.165, 1.54) is 0 Å². The van der Waals surface area contributed by atoms with Gasteiger partial charge in [0.1, 0.15) is 5.75 Å². The number of benzene rings is 1. The zero-order valence-corrected chi connectivity index (χ0v) is 13.2. The van der Waals surface area contributed by atoms with E-state index >= 15 is 0 Å². The average Bonchev–Trinajstić information content (AvgIpc) is 2.36. The van der Waals surface area contributed by atoms with Crippen LogP contribution in [0.2, 0.25) is 5.02 Å². The van der Waals surface area contributed by atoms with E-state index in [0.29, 0.717) is 16.7 Å². The second-order valence-corrected chi connectivity index (χ2v) is 5.80. The maximum atomic E-state index is 11.8. The Balaban J connectivity index is 2.64. The molecule has 0 aliphatic rings. The average molecular weight is 299 g/mol. The Morgan fingerprint density at radius 3 is 2.55 bits per heavy atom. The number of carbonyl (C=O) groups is 1. The number of hydrogen-bond acceptors (Lipinski definition) is 3. The zero-order chi connectivity index (χ0) is 15.3. The number of nitrogens with two attached hydrogens (primary N) is 1. The fraction of sp³-hybridized carbons (Fsp3) is 0.533. The summed E-state index contributed by atoms with van der Waals surface area (Å²) in [6.07, 6.45) is 0. The molecule has 5 heteroatoms. The molecule has 112 valence electrons. The molecule has 0 heterocycles. The number of amides is 1. The van der Waals surface area contributed by atoms with Crippen molar-refractivity contribution in [3.8, 4) is 5.75 Å². The van der Waals surface area contributed by atoms with Crippen LogP contribution in [0.25, 0.3) is 0 Å². The van der Waals surface area contributed by atoms with Crippen molar-refractivity contribution in [2.24, 2.45) is 11.7 Å². The maximum Gasteiger partial charge on any atom is 0.258 e. The molecule has 1 aromatic rings. The van der Waals surface area contributed by atoms with Crippen LogP contribution < -0.4 is 15.8 Å². The highest BCUT2D eigenvalue weighted by atomic mass is 35.5. The topological polar surface area (TPSA) is 64.3 Å². The van der Waals surface area contributed by atoms with Crippen LogP contribution in [0.1, 0.15) is 39.3 Å². The van der Waals surface area contributed by atoms with Crippen LogP contribution in [0.5, 0.6) is 5.75 Å². The summed E-state index contributed by atoms with van der Waals surface area (Å²) >= 11 is 5.94. The van der Waals surface area contributed by atoms with Crippen LogP contribution in [0, 0.1) is 5.92 Å². The van der Waals surface area contributed by atoms with Crippen molar-refractivity contribution in [2.45, 2.75) is 39.8 Å². The van der Waals surface area contributed by atoms with E-state index in [1.54, 1.807) is 18.2 Å². The first-order valence-electron chi connectivity index (χ1n) is 6.78. The minimum absolute atomic E-state index is 0.0294. The van der Waals surface area contributed by atoms with Crippen LogP contribution in [-0.2, 0) is 4.79 Å². The second-order valence-electron chi connectivity index (χ2n) is 5.36. The van der Waals surface area contributed by atoms with Gasteiger partial charge in [0, 0.05) is 22.7 Å². The molecule has 1 amide bonds. The van der Waals surface area contributed by atoms with Crippen LogP contribution in [0.15, 0.2) is 18.2 Å². The predicted molar refractivity (Wildman–Crippen MR) is 82.0 cm³/mol. The Kier molecular flexibility index (Phi) is 6.30. The standard InChI is InChI=1S/C15H23ClN2O2/c1-9(2)11(4)18-15(19)8-20-14-6-5-12(16)7-13(14)10(3)17/h5-7,9-11H,8,17H2,1-4H3,(H,18,19). The lowest BCUT2D eigenvalue weighted by atomic mass is 10.1. The molecular weight excluding hydrogens is 276 g/mol. The summed E-state index contributed by atoms with van der Waals surface area (Å²) in [6, 6.07) is 5.12. The molecule has 20 heavy (non-hydrogen) atoms. The first-order valence-corrected chi connectivity index (χ1v) is 7.16. The number of nitrogens with one attached hydrogen (secondary N) is 1. The Morgan fingerprint density at radius 2 is 2.00 bits per heavy atom. The molecule has 0 fully saturated rings. The summed E-state index contributed by atoms with van der Waals surface area (Å²) < 4.78 is 5.55. The smallest absolute Gasteiger partial charge is 0.258 e. The van der Waals surface area contributed by atoms with E-state index in [0.717, 1.165) is 5.56 Å². The highest BCUT2D eigenvalue weighted by Gasteiger charge is 2.13. The first-order chi connectivity index (χ1) is 9.31. The van der Waals surface area contributed by atoms with E-state index in [4.69, 9.17) is 22.1 Å². The van der Waals surface area contributed by atoms with Gasteiger partial charge in [0.25, 0.3) is 5.91 Å². The van der Waals surface area contributed by atoms with Crippen molar-refractivity contribution >= 4 is 17.5 Å². The summed E-state index contributed by atoms with van der Waals surface area (Å²) in [4.78, 5) is 11.8. The summed E-state index contributed by atoms with van der Waals surface area (Å²) in [6.45, 7) is 7.90. The van der Waals surface area contributed by atoms with Crippen molar-refractivity contribution < 1.29 is 9.53 Å². The third kappa shape index (κ3) is 5.02. The number of carbonyl (C=O) groups excluding carboxylic acids is 1.